The van der Waals surface area contributed by atoms with Crippen molar-refractivity contribution >= 4 is 93.4 Å². The Balaban J connectivity index is 1.26. The summed E-state index contributed by atoms with van der Waals surface area (Å²) in [6, 6.07) is 14.4. The molecule has 2 heterocycles. The lowest BCUT2D eigenvalue weighted by atomic mass is 9.99. The molecule has 1 aliphatic heterocycles. The highest BCUT2D eigenvalue weighted by atomic mass is 35.5. The molecule has 5 aromatic rings. The van der Waals surface area contributed by atoms with E-state index in [9.17, 15) is 67.7 Å². The van der Waals surface area contributed by atoms with E-state index in [2.05, 4.69) is 63.5 Å². The summed E-state index contributed by atoms with van der Waals surface area (Å²) < 4.78 is 0. The zero-order valence-corrected chi connectivity index (χ0v) is 60.4. The first kappa shape index (κ1) is 82.7. The molecule has 0 saturated carbocycles. The first-order valence-corrected chi connectivity index (χ1v) is 35.5. The number of pyridine rings is 1. The van der Waals surface area contributed by atoms with Crippen LogP contribution < -0.4 is 70.0 Å². The van der Waals surface area contributed by atoms with Crippen LogP contribution in [-0.4, -0.2) is 184 Å². The summed E-state index contributed by atoms with van der Waals surface area (Å²) in [6.07, 6.45) is 4.59. The van der Waals surface area contributed by atoms with Crippen LogP contribution in [0.4, 0.5) is 4.79 Å². The van der Waals surface area contributed by atoms with Crippen molar-refractivity contribution < 1.29 is 67.7 Å². The zero-order valence-electron chi connectivity index (χ0n) is 59.6. The van der Waals surface area contributed by atoms with Crippen molar-refractivity contribution in [1.82, 2.24) is 68.4 Å². The van der Waals surface area contributed by atoms with Gasteiger partial charge in [0.25, 0.3) is 0 Å². The van der Waals surface area contributed by atoms with E-state index in [1.807, 2.05) is 56.3 Å². The molecule has 0 bridgehead atoms. The van der Waals surface area contributed by atoms with Gasteiger partial charge in [-0.1, -0.05) is 112 Å². The Morgan fingerprint density at radius 2 is 1.03 bits per heavy atom. The normalized spacial score (nSPS) is 15.3. The molecular weight excluding hydrogens is 1360 g/mol. The number of aromatic hydroxyl groups is 1. The van der Waals surface area contributed by atoms with Gasteiger partial charge in [0.2, 0.25) is 65.0 Å². The minimum atomic E-state index is -1.83. The Kier molecular flexibility index (Phi) is 33.2. The van der Waals surface area contributed by atoms with Crippen molar-refractivity contribution in [2.75, 3.05) is 26.2 Å². The summed E-state index contributed by atoms with van der Waals surface area (Å²) in [5, 5.41) is 53.5. The maximum atomic E-state index is 15.0. The Hall–Kier alpha value is -10.3. The number of fused-ring (bicyclic) bond motifs is 1. The van der Waals surface area contributed by atoms with Crippen LogP contribution in [-0.2, 0) is 78.4 Å². The molecule has 104 heavy (non-hydrogen) atoms. The van der Waals surface area contributed by atoms with E-state index in [4.69, 9.17) is 23.1 Å². The van der Waals surface area contributed by atoms with Gasteiger partial charge in [0, 0.05) is 69.2 Å². The number of carbonyl (C=O) groups is 12. The van der Waals surface area contributed by atoms with Gasteiger partial charge in [0.15, 0.2) is 0 Å². The lowest BCUT2D eigenvalue weighted by Gasteiger charge is -2.31. The molecule has 1 fully saturated rings. The molecule has 1 aliphatic rings. The maximum Gasteiger partial charge on any atom is 0.312 e. The standard InChI is InChI=1S/C74H100ClN15O14/c1-43(2)35-57(66(96)84-56(19-10-11-32-79-44(3)4)73(103)90-34-14-20-63(90)72(102)81-45(5)64(76)94)85-65(95)55(18-9-12-33-80-74(77)104)83-68(98)59(38-48-24-29-54(93)30-25-48)88-71(101)62(42-91)89-70(100)61(40-50-15-13-31-78-41-50)87-69(99)60(37-47-22-27-53(75)28-23-47)86-67(97)58(82-46(6)92)39-49-21-26-51-16-7-8-17-52(51)36-49/h7-8,13,15-17,21-31,36,41,43-45,55-63,79,91,93H,9-12,14,18-20,32-35,37-40,42H2,1-6H3,(H2,76,94)(H,81,102)(H,82,92)(H,83,98)(H,84,96)(H,85,95)(H,86,97)(H,87,99)(H,88,101)(H,89,100)(H3,77,80,104)/t45-,55-,56+,57+,58-,59-,60+,61-,62+,63+/m1/s1. The van der Waals surface area contributed by atoms with Crippen molar-refractivity contribution in [3.05, 3.63) is 143 Å². The van der Waals surface area contributed by atoms with E-state index < -0.39 is 138 Å². The van der Waals surface area contributed by atoms with Crippen molar-refractivity contribution in [2.24, 2.45) is 17.4 Å². The fraction of sp³-hybridized carbons (Fsp3) is 0.473. The number of carbonyl (C=O) groups excluding carboxylic acids is 12. The summed E-state index contributed by atoms with van der Waals surface area (Å²) in [6.45, 7) is 10.1. The zero-order chi connectivity index (χ0) is 76.0. The largest absolute Gasteiger partial charge is 0.508 e. The van der Waals surface area contributed by atoms with Crippen molar-refractivity contribution in [2.45, 2.75) is 191 Å². The molecule has 6 rings (SSSR count). The van der Waals surface area contributed by atoms with Gasteiger partial charge in [-0.15, -0.1) is 0 Å². The van der Waals surface area contributed by atoms with Crippen LogP contribution in [0.2, 0.25) is 5.02 Å². The third-order valence-electron chi connectivity index (χ3n) is 17.5. The summed E-state index contributed by atoms with van der Waals surface area (Å²) in [4.78, 5) is 173. The number of aliphatic hydroxyl groups is 1. The van der Waals surface area contributed by atoms with Crippen LogP contribution in [0.25, 0.3) is 10.8 Å². The van der Waals surface area contributed by atoms with Crippen LogP contribution in [0.3, 0.4) is 0 Å². The Morgan fingerprint density at radius 1 is 0.538 bits per heavy atom. The van der Waals surface area contributed by atoms with Gasteiger partial charge in [-0.25, -0.2) is 4.79 Å². The molecule has 0 aliphatic carbocycles. The number of hydrogen-bond acceptors (Lipinski definition) is 16. The number of unbranched alkanes of at least 4 members (excludes halogenated alkanes) is 2. The number of aromatic nitrogens is 1. The third kappa shape index (κ3) is 27.5. The quantitative estimate of drug-likeness (QED) is 0.0248. The van der Waals surface area contributed by atoms with E-state index in [0.717, 1.165) is 10.8 Å². The number of rotatable bonds is 41. The molecule has 0 spiro atoms. The van der Waals surface area contributed by atoms with E-state index in [0.29, 0.717) is 53.1 Å². The summed E-state index contributed by atoms with van der Waals surface area (Å²) in [5.74, 6) is -9.07. The van der Waals surface area contributed by atoms with Crippen LogP contribution in [0.15, 0.2) is 116 Å². The number of nitrogens with two attached hydrogens (primary N) is 2. The number of hydrogen-bond donors (Lipinski definition) is 15. The predicted molar refractivity (Wildman–Crippen MR) is 390 cm³/mol. The van der Waals surface area contributed by atoms with E-state index in [-0.39, 0.29) is 95.0 Å². The molecule has 30 heteroatoms. The highest BCUT2D eigenvalue weighted by Gasteiger charge is 2.40. The van der Waals surface area contributed by atoms with E-state index >= 15 is 0 Å². The number of nitrogens with zero attached hydrogens (tertiary/aromatic N) is 2. The van der Waals surface area contributed by atoms with Gasteiger partial charge in [0.1, 0.15) is 66.2 Å². The van der Waals surface area contributed by atoms with Gasteiger partial charge < -0.3 is 85.1 Å². The number of primary amides is 2. The lowest BCUT2D eigenvalue weighted by molar-refractivity contribution is -0.142. The monoisotopic (exact) mass is 1460 g/mol. The minimum Gasteiger partial charge on any atom is -0.508 e. The number of aliphatic hydroxyl groups excluding tert-OH is 1. The van der Waals surface area contributed by atoms with Gasteiger partial charge in [0.05, 0.1) is 6.61 Å². The molecule has 562 valence electrons. The fourth-order valence-corrected chi connectivity index (χ4v) is 12.1. The molecule has 1 saturated heterocycles. The first-order valence-electron chi connectivity index (χ1n) is 35.1. The number of phenolic OH excluding ortho intramolecular Hbond substituents is 1. The molecule has 29 nitrogen and oxygen atoms in total. The van der Waals surface area contributed by atoms with Crippen molar-refractivity contribution in [3.63, 3.8) is 0 Å². The number of benzene rings is 4. The van der Waals surface area contributed by atoms with E-state index in [1.54, 1.807) is 50.2 Å². The number of likely N-dealkylation sites (tertiary alicyclic amines) is 1. The molecule has 17 N–H and O–H groups in total. The predicted octanol–water partition coefficient (Wildman–Crippen LogP) is 1.79. The topological polar surface area (TPSA) is 446 Å². The molecule has 13 amide bonds. The molecular formula is C74H100ClN15O14. The van der Waals surface area contributed by atoms with Gasteiger partial charge in [-0.05, 0) is 141 Å². The molecule has 0 unspecified atom stereocenters. The number of phenols is 1. The van der Waals surface area contributed by atoms with Crippen molar-refractivity contribution in [1.29, 1.82) is 0 Å². The summed E-state index contributed by atoms with van der Waals surface area (Å²) in [5.41, 5.74) is 12.8. The number of urea groups is 1. The first-order chi connectivity index (χ1) is 49.6. The number of nitrogens with one attached hydrogen (secondary N) is 11. The van der Waals surface area contributed by atoms with Crippen molar-refractivity contribution in [3.8, 4) is 5.75 Å². The average molecular weight is 1460 g/mol. The smallest absolute Gasteiger partial charge is 0.312 e. The van der Waals surface area contributed by atoms with Gasteiger partial charge in [-0.2, -0.15) is 0 Å². The number of halogens is 1. The second kappa shape index (κ2) is 41.7. The van der Waals surface area contributed by atoms with Crippen LogP contribution >= 0.6 is 11.6 Å². The summed E-state index contributed by atoms with van der Waals surface area (Å²) >= 11 is 6.24. The van der Waals surface area contributed by atoms with Gasteiger partial charge in [-0.3, -0.25) is 57.7 Å². The maximum absolute atomic E-state index is 15.0. The lowest BCUT2D eigenvalue weighted by Crippen LogP contribution is -2.61. The SMILES string of the molecule is CC(=O)N[C@H](Cc1ccc2ccccc2c1)C(=O)N[C@@H](Cc1ccc(Cl)cc1)C(=O)N[C@H](Cc1cccnc1)C(=O)N[C@@H](CO)C(=O)N[C@H](Cc1ccc(O)cc1)C(=O)N[C@H](CCCCNC(N)=O)C(=O)N[C@@H](CC(C)C)C(=O)N[C@@H](CCCCNC(C)C)C(=O)N1CCC[C@H]1C(=O)N[C@H](C)C(N)=O. The second-order valence-corrected chi connectivity index (χ2v) is 27.3. The molecule has 1 aromatic heterocycles. The Bertz CT molecular complexity index is 3740. The molecule has 0 radical (unpaired) electrons. The van der Waals surface area contributed by atoms with Gasteiger partial charge >= 0.3 is 6.03 Å². The number of amides is 13. The fourth-order valence-electron chi connectivity index (χ4n) is 11.9. The van der Waals surface area contributed by atoms with Crippen LogP contribution in [0, 0.1) is 5.92 Å². The molecule has 4 aromatic carbocycles. The highest BCUT2D eigenvalue weighted by molar-refractivity contribution is 6.30. The third-order valence-corrected chi connectivity index (χ3v) is 17.7. The van der Waals surface area contributed by atoms with Crippen LogP contribution in [0.1, 0.15) is 122 Å². The van der Waals surface area contributed by atoms with E-state index in [1.165, 1.54) is 55.4 Å². The van der Waals surface area contributed by atoms with Crippen LogP contribution in [0.5, 0.6) is 5.75 Å². The Labute approximate surface area is 610 Å². The average Bonchev–Trinajstić information content (AvgIpc) is 1.63. The molecule has 10 atom stereocenters. The highest BCUT2D eigenvalue weighted by Crippen LogP contribution is 2.23. The Morgan fingerprint density at radius 3 is 1.59 bits per heavy atom. The minimum absolute atomic E-state index is 0.0327. The second-order valence-electron chi connectivity index (χ2n) is 26.9. The summed E-state index contributed by atoms with van der Waals surface area (Å²) in [7, 11) is 0.